The average Bonchev–Trinajstić information content (AvgIpc) is 2.71. The van der Waals surface area contributed by atoms with Crippen molar-refractivity contribution in [1.29, 1.82) is 0 Å². The van der Waals surface area contributed by atoms with E-state index in [9.17, 15) is 15.0 Å². The van der Waals surface area contributed by atoms with Gasteiger partial charge in [-0.1, -0.05) is 6.07 Å². The van der Waals surface area contributed by atoms with E-state index >= 15 is 0 Å². The summed E-state index contributed by atoms with van der Waals surface area (Å²) in [5, 5.41) is 25.7. The molecule has 7 heteroatoms. The van der Waals surface area contributed by atoms with E-state index in [0.29, 0.717) is 24.2 Å². The summed E-state index contributed by atoms with van der Waals surface area (Å²) in [6, 6.07) is 7.29. The molecule has 0 bridgehead atoms. The van der Waals surface area contributed by atoms with Crippen molar-refractivity contribution in [3.8, 4) is 5.75 Å². The van der Waals surface area contributed by atoms with Gasteiger partial charge in [0.2, 0.25) is 0 Å². The number of carbonyl (C=O) groups is 1. The van der Waals surface area contributed by atoms with E-state index in [0.717, 1.165) is 23.7 Å². The number of fused-ring (bicyclic) bond motifs is 1. The molecule has 0 radical (unpaired) electrons. The van der Waals surface area contributed by atoms with Crippen molar-refractivity contribution < 1.29 is 24.5 Å². The highest BCUT2D eigenvalue weighted by Crippen LogP contribution is 2.38. The van der Waals surface area contributed by atoms with Crippen LogP contribution in [-0.2, 0) is 4.74 Å². The SMILES string of the molecule is COc1ccc2ncccc2c1C(O)C(O)C1CCC(NC(=O)OC(C)(C)C)CC1. The molecule has 2 unspecified atom stereocenters. The molecule has 1 aromatic heterocycles. The molecule has 3 N–H and O–H groups in total. The molecule has 1 heterocycles. The third-order valence-corrected chi connectivity index (χ3v) is 5.60. The summed E-state index contributed by atoms with van der Waals surface area (Å²) in [6.45, 7) is 5.49. The third-order valence-electron chi connectivity index (χ3n) is 5.60. The largest absolute Gasteiger partial charge is 0.496 e. The number of benzene rings is 1. The molecule has 7 nitrogen and oxygen atoms in total. The van der Waals surface area contributed by atoms with Gasteiger partial charge >= 0.3 is 6.09 Å². The molecule has 1 aromatic carbocycles. The van der Waals surface area contributed by atoms with Gasteiger partial charge in [0.1, 0.15) is 17.5 Å². The number of hydrogen-bond acceptors (Lipinski definition) is 6. The molecule has 0 aliphatic heterocycles. The molecule has 1 fully saturated rings. The number of pyridine rings is 1. The van der Waals surface area contributed by atoms with E-state index in [2.05, 4.69) is 10.3 Å². The first kappa shape index (κ1) is 22.3. The Bertz CT molecular complexity index is 872. The molecule has 1 aliphatic carbocycles. The van der Waals surface area contributed by atoms with Gasteiger partial charge in [-0.3, -0.25) is 4.98 Å². The van der Waals surface area contributed by atoms with Crippen LogP contribution in [0.4, 0.5) is 4.79 Å². The predicted molar refractivity (Wildman–Crippen MR) is 114 cm³/mol. The van der Waals surface area contributed by atoms with E-state index in [1.807, 2.05) is 32.9 Å². The van der Waals surface area contributed by atoms with Crippen LogP contribution in [0.15, 0.2) is 30.5 Å². The van der Waals surface area contributed by atoms with Gasteiger partial charge in [-0.25, -0.2) is 4.79 Å². The fourth-order valence-corrected chi connectivity index (χ4v) is 4.15. The monoisotopic (exact) mass is 416 g/mol. The summed E-state index contributed by atoms with van der Waals surface area (Å²) < 4.78 is 10.8. The van der Waals surface area contributed by atoms with E-state index in [-0.39, 0.29) is 12.0 Å². The van der Waals surface area contributed by atoms with Crippen LogP contribution in [-0.4, -0.2) is 46.1 Å². The van der Waals surface area contributed by atoms with Crippen molar-refractivity contribution in [2.45, 2.75) is 70.3 Å². The number of ether oxygens (including phenoxy) is 2. The quantitative estimate of drug-likeness (QED) is 0.687. The Morgan fingerprint density at radius 3 is 2.50 bits per heavy atom. The van der Waals surface area contributed by atoms with E-state index in [4.69, 9.17) is 9.47 Å². The van der Waals surface area contributed by atoms with E-state index < -0.39 is 23.9 Å². The minimum absolute atomic E-state index is 0.0109. The van der Waals surface area contributed by atoms with Gasteiger partial charge < -0.3 is 25.0 Å². The Morgan fingerprint density at radius 2 is 1.87 bits per heavy atom. The number of carbonyl (C=O) groups excluding carboxylic acids is 1. The van der Waals surface area contributed by atoms with Gasteiger partial charge in [0, 0.05) is 23.2 Å². The minimum atomic E-state index is -1.09. The zero-order valence-electron chi connectivity index (χ0n) is 18.1. The normalized spacial score (nSPS) is 21.7. The maximum atomic E-state index is 12.0. The molecule has 0 spiro atoms. The molecule has 3 rings (SSSR count). The van der Waals surface area contributed by atoms with Crippen LogP contribution < -0.4 is 10.1 Å². The lowest BCUT2D eigenvalue weighted by atomic mass is 9.79. The van der Waals surface area contributed by atoms with Gasteiger partial charge in [-0.05, 0) is 70.6 Å². The van der Waals surface area contributed by atoms with Gasteiger partial charge in [0.05, 0.1) is 18.7 Å². The number of rotatable bonds is 5. The number of amides is 1. The Hall–Kier alpha value is -2.38. The Kier molecular flexibility index (Phi) is 6.83. The van der Waals surface area contributed by atoms with Crippen LogP contribution in [0.5, 0.6) is 5.75 Å². The van der Waals surface area contributed by atoms with Crippen molar-refractivity contribution in [2.24, 2.45) is 5.92 Å². The van der Waals surface area contributed by atoms with Crippen molar-refractivity contribution in [3.63, 3.8) is 0 Å². The molecule has 1 aliphatic rings. The topological polar surface area (TPSA) is 101 Å². The molecular formula is C23H32N2O5. The summed E-state index contributed by atoms with van der Waals surface area (Å²) in [6.07, 6.45) is 2.10. The van der Waals surface area contributed by atoms with Crippen LogP contribution in [0.2, 0.25) is 0 Å². The summed E-state index contributed by atoms with van der Waals surface area (Å²) in [5.41, 5.74) is 0.767. The van der Waals surface area contributed by atoms with Gasteiger partial charge in [-0.2, -0.15) is 0 Å². The first-order valence-electron chi connectivity index (χ1n) is 10.5. The molecule has 2 aromatic rings. The van der Waals surface area contributed by atoms with Gasteiger partial charge in [0.25, 0.3) is 0 Å². The summed E-state index contributed by atoms with van der Waals surface area (Å²) >= 11 is 0. The zero-order valence-corrected chi connectivity index (χ0v) is 18.1. The smallest absolute Gasteiger partial charge is 0.407 e. The molecule has 0 saturated heterocycles. The number of aliphatic hydroxyl groups excluding tert-OH is 2. The van der Waals surface area contributed by atoms with Crippen molar-refractivity contribution >= 4 is 17.0 Å². The number of hydrogen-bond donors (Lipinski definition) is 3. The Balaban J connectivity index is 1.66. The second-order valence-electron chi connectivity index (χ2n) is 8.94. The summed E-state index contributed by atoms with van der Waals surface area (Å²) in [5.74, 6) is 0.454. The lowest BCUT2D eigenvalue weighted by Gasteiger charge is -2.34. The first-order chi connectivity index (χ1) is 14.2. The second kappa shape index (κ2) is 9.18. The van der Waals surface area contributed by atoms with E-state index in [1.54, 1.807) is 25.4 Å². The third kappa shape index (κ3) is 5.21. The number of nitrogens with one attached hydrogen (secondary N) is 1. The predicted octanol–water partition coefficient (Wildman–Crippen LogP) is 3.72. The first-order valence-corrected chi connectivity index (χ1v) is 10.5. The number of methoxy groups -OCH3 is 1. The maximum absolute atomic E-state index is 12.0. The number of aromatic nitrogens is 1. The van der Waals surface area contributed by atoms with Gasteiger partial charge in [-0.15, -0.1) is 0 Å². The molecule has 1 amide bonds. The summed E-state index contributed by atoms with van der Waals surface area (Å²) in [7, 11) is 1.55. The van der Waals surface area contributed by atoms with Crippen LogP contribution >= 0.6 is 0 Å². The lowest BCUT2D eigenvalue weighted by Crippen LogP contribution is -2.42. The highest BCUT2D eigenvalue weighted by atomic mass is 16.6. The molecule has 2 atom stereocenters. The highest BCUT2D eigenvalue weighted by Gasteiger charge is 2.34. The highest BCUT2D eigenvalue weighted by molar-refractivity contribution is 5.85. The molecule has 1 saturated carbocycles. The fraction of sp³-hybridized carbons (Fsp3) is 0.565. The molecule has 30 heavy (non-hydrogen) atoms. The van der Waals surface area contributed by atoms with Crippen LogP contribution in [0.25, 0.3) is 10.9 Å². The minimum Gasteiger partial charge on any atom is -0.496 e. The summed E-state index contributed by atoms with van der Waals surface area (Å²) in [4.78, 5) is 16.3. The standard InChI is InChI=1S/C23H32N2O5/c1-23(2,3)30-22(28)25-15-9-7-14(8-10-15)20(26)21(27)19-16-6-5-13-24-17(16)11-12-18(19)29-4/h5-6,11-15,20-21,26-27H,7-10H2,1-4H3,(H,25,28). The van der Waals surface area contributed by atoms with Crippen LogP contribution in [0.3, 0.4) is 0 Å². The Morgan fingerprint density at radius 1 is 1.17 bits per heavy atom. The van der Waals surface area contributed by atoms with Crippen molar-refractivity contribution in [1.82, 2.24) is 10.3 Å². The van der Waals surface area contributed by atoms with Crippen LogP contribution in [0.1, 0.15) is 58.1 Å². The van der Waals surface area contributed by atoms with Crippen molar-refractivity contribution in [3.05, 3.63) is 36.0 Å². The Labute approximate surface area is 177 Å². The zero-order chi connectivity index (χ0) is 21.9. The number of aliphatic hydroxyl groups is 2. The molecule has 164 valence electrons. The lowest BCUT2D eigenvalue weighted by molar-refractivity contribution is -0.0312. The average molecular weight is 417 g/mol. The maximum Gasteiger partial charge on any atom is 0.407 e. The second-order valence-corrected chi connectivity index (χ2v) is 8.94. The fourth-order valence-electron chi connectivity index (χ4n) is 4.15. The number of alkyl carbamates (subject to hydrolysis) is 1. The van der Waals surface area contributed by atoms with Crippen molar-refractivity contribution in [2.75, 3.05) is 7.11 Å². The number of nitrogens with zero attached hydrogens (tertiary/aromatic N) is 1. The van der Waals surface area contributed by atoms with Crippen LogP contribution in [0, 0.1) is 5.92 Å². The van der Waals surface area contributed by atoms with E-state index in [1.165, 1.54) is 0 Å². The molecular weight excluding hydrogens is 384 g/mol. The van der Waals surface area contributed by atoms with Gasteiger partial charge in [0.15, 0.2) is 0 Å².